The normalized spacial score (nSPS) is 18.5. The molecule has 140 valence electrons. The first-order valence-electron chi connectivity index (χ1n) is 9.07. The number of aliphatic hydroxyl groups is 1. The molecular formula is C21H25ClFNO2. The molecule has 0 amide bonds. The lowest BCUT2D eigenvalue weighted by Crippen LogP contribution is -2.46. The first kappa shape index (κ1) is 19.2. The molecule has 1 heterocycles. The Morgan fingerprint density at radius 3 is 2.35 bits per heavy atom. The van der Waals surface area contributed by atoms with E-state index in [4.69, 9.17) is 16.3 Å². The summed E-state index contributed by atoms with van der Waals surface area (Å²) in [5.74, 6) is 0.432. The molecule has 5 heteroatoms. The molecule has 0 aliphatic carbocycles. The predicted octanol–water partition coefficient (Wildman–Crippen LogP) is 4.62. The van der Waals surface area contributed by atoms with Gasteiger partial charge in [-0.15, -0.1) is 0 Å². The van der Waals surface area contributed by atoms with Crippen LogP contribution in [0.3, 0.4) is 0 Å². The predicted molar refractivity (Wildman–Crippen MR) is 102 cm³/mol. The van der Waals surface area contributed by atoms with Crippen molar-refractivity contribution in [1.29, 1.82) is 0 Å². The second-order valence-corrected chi connectivity index (χ2v) is 7.45. The Morgan fingerprint density at radius 1 is 1.12 bits per heavy atom. The molecule has 2 aromatic carbocycles. The molecule has 0 spiro atoms. The lowest BCUT2D eigenvalue weighted by Gasteiger charge is -2.41. The fourth-order valence-electron chi connectivity index (χ4n) is 3.44. The van der Waals surface area contributed by atoms with Gasteiger partial charge in [0.25, 0.3) is 0 Å². The summed E-state index contributed by atoms with van der Waals surface area (Å²) < 4.78 is 18.6. The van der Waals surface area contributed by atoms with Gasteiger partial charge in [-0.3, -0.25) is 0 Å². The van der Waals surface area contributed by atoms with E-state index in [0.29, 0.717) is 36.3 Å². The van der Waals surface area contributed by atoms with Crippen molar-refractivity contribution in [3.63, 3.8) is 0 Å². The van der Waals surface area contributed by atoms with Gasteiger partial charge in [-0.05, 0) is 68.1 Å². The van der Waals surface area contributed by atoms with Crippen molar-refractivity contribution in [2.75, 3.05) is 19.7 Å². The molecule has 1 atom stereocenters. The number of likely N-dealkylation sites (tertiary alicyclic amines) is 1. The lowest BCUT2D eigenvalue weighted by molar-refractivity contribution is -0.0355. The highest BCUT2D eigenvalue weighted by Gasteiger charge is 2.35. The summed E-state index contributed by atoms with van der Waals surface area (Å²) in [7, 11) is 0. The first-order valence-corrected chi connectivity index (χ1v) is 9.45. The second kappa shape index (κ2) is 8.38. The number of halogens is 2. The van der Waals surface area contributed by atoms with Crippen LogP contribution in [0, 0.1) is 5.82 Å². The largest absolute Gasteiger partial charge is 0.494 e. The van der Waals surface area contributed by atoms with Crippen LogP contribution in [0.15, 0.2) is 48.5 Å². The van der Waals surface area contributed by atoms with E-state index in [1.54, 1.807) is 12.1 Å². The highest BCUT2D eigenvalue weighted by atomic mass is 35.5. The zero-order chi connectivity index (χ0) is 18.6. The summed E-state index contributed by atoms with van der Waals surface area (Å²) in [6.45, 7) is 4.46. The minimum atomic E-state index is -0.772. The number of hydrogen-bond donors (Lipinski definition) is 1. The standard InChI is InChI=1S/C21H25ClFNO2/c1-16(10-15-26-20-8-6-19(23)7-9-20)24-13-11-21(25,12-14-24)17-2-4-18(22)5-3-17/h2-9,16,25H,10-15H2,1H3. The summed E-state index contributed by atoms with van der Waals surface area (Å²) in [5, 5.41) is 11.6. The Bertz CT molecular complexity index is 697. The topological polar surface area (TPSA) is 32.7 Å². The molecule has 2 aromatic rings. The maximum atomic E-state index is 12.9. The summed E-state index contributed by atoms with van der Waals surface area (Å²) in [4.78, 5) is 2.39. The van der Waals surface area contributed by atoms with Crippen LogP contribution < -0.4 is 4.74 Å². The summed E-state index contributed by atoms with van der Waals surface area (Å²) >= 11 is 5.94. The van der Waals surface area contributed by atoms with E-state index in [-0.39, 0.29) is 5.82 Å². The Labute approximate surface area is 159 Å². The molecule has 0 saturated carbocycles. The van der Waals surface area contributed by atoms with Gasteiger partial charge in [0, 0.05) is 24.2 Å². The third-order valence-corrected chi connectivity index (χ3v) is 5.50. The molecular weight excluding hydrogens is 353 g/mol. The average Bonchev–Trinajstić information content (AvgIpc) is 2.64. The molecule has 0 bridgehead atoms. The monoisotopic (exact) mass is 377 g/mol. The van der Waals surface area contributed by atoms with Crippen molar-refractivity contribution in [3.8, 4) is 5.75 Å². The molecule has 1 saturated heterocycles. The van der Waals surface area contributed by atoms with Gasteiger partial charge in [-0.2, -0.15) is 0 Å². The number of hydrogen-bond acceptors (Lipinski definition) is 3. The number of ether oxygens (including phenoxy) is 1. The lowest BCUT2D eigenvalue weighted by atomic mass is 9.84. The third-order valence-electron chi connectivity index (χ3n) is 5.25. The van der Waals surface area contributed by atoms with Crippen LogP contribution in [0.4, 0.5) is 4.39 Å². The second-order valence-electron chi connectivity index (χ2n) is 7.01. The maximum absolute atomic E-state index is 12.9. The van der Waals surface area contributed by atoms with Crippen LogP contribution in [-0.2, 0) is 5.60 Å². The van der Waals surface area contributed by atoms with Crippen molar-refractivity contribution in [3.05, 3.63) is 64.9 Å². The summed E-state index contributed by atoms with van der Waals surface area (Å²) in [6, 6.07) is 14.0. The van der Waals surface area contributed by atoms with Crippen LogP contribution in [0.5, 0.6) is 5.75 Å². The van der Waals surface area contributed by atoms with Gasteiger partial charge in [0.15, 0.2) is 0 Å². The number of rotatable bonds is 6. The average molecular weight is 378 g/mol. The molecule has 0 aromatic heterocycles. The fraction of sp³-hybridized carbons (Fsp3) is 0.429. The molecule has 3 nitrogen and oxygen atoms in total. The third kappa shape index (κ3) is 4.76. The van der Waals surface area contributed by atoms with Gasteiger partial charge in [0.05, 0.1) is 12.2 Å². The quantitative estimate of drug-likeness (QED) is 0.797. The minimum Gasteiger partial charge on any atom is -0.494 e. The minimum absolute atomic E-state index is 0.257. The number of piperidine rings is 1. The van der Waals surface area contributed by atoms with Crippen LogP contribution in [0.2, 0.25) is 5.02 Å². The van der Waals surface area contributed by atoms with Crippen LogP contribution in [0.25, 0.3) is 0 Å². The van der Waals surface area contributed by atoms with Gasteiger partial charge >= 0.3 is 0 Å². The van der Waals surface area contributed by atoms with E-state index >= 15 is 0 Å². The molecule has 1 N–H and O–H groups in total. The van der Waals surface area contributed by atoms with Crippen LogP contribution in [0.1, 0.15) is 31.7 Å². The van der Waals surface area contributed by atoms with E-state index in [2.05, 4.69) is 11.8 Å². The Hall–Kier alpha value is -1.62. The molecule has 0 radical (unpaired) electrons. The van der Waals surface area contributed by atoms with Gasteiger partial charge in [-0.25, -0.2) is 4.39 Å². The Balaban J connectivity index is 1.46. The van der Waals surface area contributed by atoms with Crippen molar-refractivity contribution >= 4 is 11.6 Å². The Kier molecular flexibility index (Phi) is 6.17. The molecule has 1 unspecified atom stereocenters. The maximum Gasteiger partial charge on any atom is 0.123 e. The van der Waals surface area contributed by atoms with Crippen LogP contribution >= 0.6 is 11.6 Å². The van der Waals surface area contributed by atoms with Crippen molar-refractivity contribution in [2.24, 2.45) is 0 Å². The summed E-state index contributed by atoms with van der Waals surface area (Å²) in [6.07, 6.45) is 2.30. The van der Waals surface area contributed by atoms with Crippen molar-refractivity contribution in [2.45, 2.75) is 37.8 Å². The highest BCUT2D eigenvalue weighted by Crippen LogP contribution is 2.34. The van der Waals surface area contributed by atoms with E-state index in [1.165, 1.54) is 12.1 Å². The molecule has 26 heavy (non-hydrogen) atoms. The zero-order valence-electron chi connectivity index (χ0n) is 15.0. The van der Waals surface area contributed by atoms with E-state index < -0.39 is 5.60 Å². The molecule has 1 aliphatic heterocycles. The van der Waals surface area contributed by atoms with E-state index in [0.717, 1.165) is 25.1 Å². The van der Waals surface area contributed by atoms with Crippen molar-refractivity contribution < 1.29 is 14.2 Å². The fourth-order valence-corrected chi connectivity index (χ4v) is 3.57. The highest BCUT2D eigenvalue weighted by molar-refractivity contribution is 6.30. The van der Waals surface area contributed by atoms with Gasteiger partial charge in [0.1, 0.15) is 11.6 Å². The Morgan fingerprint density at radius 2 is 1.73 bits per heavy atom. The van der Waals surface area contributed by atoms with Crippen molar-refractivity contribution in [1.82, 2.24) is 4.90 Å². The van der Waals surface area contributed by atoms with Gasteiger partial charge in [0.2, 0.25) is 0 Å². The summed E-state index contributed by atoms with van der Waals surface area (Å²) in [5.41, 5.74) is 0.166. The van der Waals surface area contributed by atoms with E-state index in [1.807, 2.05) is 24.3 Å². The molecule has 3 rings (SSSR count). The van der Waals surface area contributed by atoms with Gasteiger partial charge < -0.3 is 14.7 Å². The van der Waals surface area contributed by atoms with Gasteiger partial charge in [-0.1, -0.05) is 23.7 Å². The smallest absolute Gasteiger partial charge is 0.123 e. The number of benzene rings is 2. The molecule has 1 aliphatic rings. The first-order chi connectivity index (χ1) is 12.5. The van der Waals surface area contributed by atoms with E-state index in [9.17, 15) is 9.50 Å². The number of nitrogens with zero attached hydrogens (tertiary/aromatic N) is 1. The zero-order valence-corrected chi connectivity index (χ0v) is 15.8. The molecule has 1 fully saturated rings. The van der Waals surface area contributed by atoms with Crippen LogP contribution in [-0.4, -0.2) is 35.7 Å². The SMILES string of the molecule is CC(CCOc1ccc(F)cc1)N1CCC(O)(c2ccc(Cl)cc2)CC1.